The average molecular weight is 443 g/mol. The molecule has 168 valence electrons. The minimum atomic E-state index is -0.0664. The molecule has 0 fully saturated rings. The molecule has 2 heterocycles. The van der Waals surface area contributed by atoms with Crippen molar-refractivity contribution in [1.29, 1.82) is 0 Å². The standard InChI is InChI=1S/C25H26N6O2/c1-19(18-25(33)29-21-7-11-23(12-8-21)31-17-3-15-27-31)4-13-24(32)28-20-5-9-22(10-6-20)30-16-2-14-26-30/h2-3,5-12,14-17,19H,4,13,18H2,1H3,(H,28,32)(H,29,33). The van der Waals surface area contributed by atoms with Gasteiger partial charge >= 0.3 is 0 Å². The van der Waals surface area contributed by atoms with Crippen LogP contribution in [0.15, 0.2) is 85.5 Å². The van der Waals surface area contributed by atoms with Gasteiger partial charge in [0.2, 0.25) is 11.8 Å². The third kappa shape index (κ3) is 6.16. The van der Waals surface area contributed by atoms with Gasteiger partial charge in [-0.3, -0.25) is 9.59 Å². The second-order valence-electron chi connectivity index (χ2n) is 7.94. The fourth-order valence-corrected chi connectivity index (χ4v) is 3.47. The van der Waals surface area contributed by atoms with Crippen molar-refractivity contribution in [2.24, 2.45) is 5.92 Å². The smallest absolute Gasteiger partial charge is 0.224 e. The molecule has 8 nitrogen and oxygen atoms in total. The first kappa shape index (κ1) is 22.0. The SMILES string of the molecule is CC(CCC(=O)Nc1ccc(-n2cccn2)cc1)CC(=O)Nc1ccc(-n2cccn2)cc1. The Morgan fingerprint density at radius 1 is 0.788 bits per heavy atom. The Bertz CT molecular complexity index is 1170. The van der Waals surface area contributed by atoms with Crippen molar-refractivity contribution in [1.82, 2.24) is 19.6 Å². The maximum absolute atomic E-state index is 12.4. The number of carbonyl (C=O) groups is 2. The maximum Gasteiger partial charge on any atom is 0.224 e. The number of hydrogen-bond donors (Lipinski definition) is 2. The molecule has 4 aromatic rings. The highest BCUT2D eigenvalue weighted by Crippen LogP contribution is 2.17. The number of carbonyl (C=O) groups excluding carboxylic acids is 2. The normalized spacial score (nSPS) is 11.7. The number of anilines is 2. The highest BCUT2D eigenvalue weighted by Gasteiger charge is 2.12. The first-order valence-corrected chi connectivity index (χ1v) is 10.9. The Labute approximate surface area is 192 Å². The summed E-state index contributed by atoms with van der Waals surface area (Å²) in [5.41, 5.74) is 3.32. The molecule has 0 spiro atoms. The Hall–Kier alpha value is -4.20. The molecule has 2 amide bonds. The van der Waals surface area contributed by atoms with Crippen molar-refractivity contribution in [3.8, 4) is 11.4 Å². The van der Waals surface area contributed by atoms with E-state index in [0.717, 1.165) is 22.7 Å². The fraction of sp³-hybridized carbons (Fsp3) is 0.200. The molecular formula is C25H26N6O2. The predicted molar refractivity (Wildman–Crippen MR) is 127 cm³/mol. The summed E-state index contributed by atoms with van der Waals surface area (Å²) in [6.07, 6.45) is 8.50. The van der Waals surface area contributed by atoms with Gasteiger partial charge in [0.05, 0.1) is 11.4 Å². The van der Waals surface area contributed by atoms with Gasteiger partial charge in [0.1, 0.15) is 0 Å². The largest absolute Gasteiger partial charge is 0.326 e. The molecule has 2 aromatic heterocycles. The van der Waals surface area contributed by atoms with E-state index in [1.165, 1.54) is 0 Å². The van der Waals surface area contributed by atoms with E-state index in [9.17, 15) is 9.59 Å². The molecule has 4 rings (SSSR count). The van der Waals surface area contributed by atoms with Crippen LogP contribution in [0.4, 0.5) is 11.4 Å². The van der Waals surface area contributed by atoms with E-state index >= 15 is 0 Å². The Morgan fingerprint density at radius 3 is 1.73 bits per heavy atom. The van der Waals surface area contributed by atoms with Gasteiger partial charge in [-0.1, -0.05) is 6.92 Å². The van der Waals surface area contributed by atoms with Gasteiger partial charge in [-0.2, -0.15) is 10.2 Å². The molecule has 2 N–H and O–H groups in total. The predicted octanol–water partition coefficient (Wildman–Crippen LogP) is 4.44. The van der Waals surface area contributed by atoms with Crippen LogP contribution in [0.2, 0.25) is 0 Å². The van der Waals surface area contributed by atoms with E-state index in [1.54, 1.807) is 21.8 Å². The lowest BCUT2D eigenvalue weighted by atomic mass is 10.0. The van der Waals surface area contributed by atoms with E-state index in [0.29, 0.717) is 19.3 Å². The zero-order valence-corrected chi connectivity index (χ0v) is 18.4. The van der Waals surface area contributed by atoms with E-state index in [1.807, 2.05) is 80.0 Å². The number of amides is 2. The van der Waals surface area contributed by atoms with E-state index in [-0.39, 0.29) is 17.7 Å². The van der Waals surface area contributed by atoms with Crippen LogP contribution in [0, 0.1) is 5.92 Å². The van der Waals surface area contributed by atoms with Gasteiger partial charge in [0.15, 0.2) is 0 Å². The molecule has 0 aliphatic rings. The number of rotatable bonds is 9. The van der Waals surface area contributed by atoms with Crippen molar-refractivity contribution in [2.75, 3.05) is 10.6 Å². The monoisotopic (exact) mass is 442 g/mol. The molecule has 0 saturated heterocycles. The molecular weight excluding hydrogens is 416 g/mol. The third-order valence-electron chi connectivity index (χ3n) is 5.24. The van der Waals surface area contributed by atoms with Crippen LogP contribution >= 0.6 is 0 Å². The second-order valence-corrected chi connectivity index (χ2v) is 7.94. The Kier molecular flexibility index (Phi) is 6.94. The van der Waals surface area contributed by atoms with Crippen LogP contribution in [0.25, 0.3) is 11.4 Å². The molecule has 0 radical (unpaired) electrons. The van der Waals surface area contributed by atoms with Crippen LogP contribution in [0.5, 0.6) is 0 Å². The summed E-state index contributed by atoms with van der Waals surface area (Å²) in [6.45, 7) is 1.98. The van der Waals surface area contributed by atoms with Gasteiger partial charge in [0.25, 0.3) is 0 Å². The van der Waals surface area contributed by atoms with Crippen molar-refractivity contribution in [3.63, 3.8) is 0 Å². The van der Waals surface area contributed by atoms with Crippen LogP contribution in [0.3, 0.4) is 0 Å². The van der Waals surface area contributed by atoms with Crippen LogP contribution in [0.1, 0.15) is 26.2 Å². The number of nitrogens with one attached hydrogen (secondary N) is 2. The zero-order valence-electron chi connectivity index (χ0n) is 18.4. The molecule has 0 aliphatic carbocycles. The van der Waals surface area contributed by atoms with E-state index in [2.05, 4.69) is 20.8 Å². The molecule has 0 saturated carbocycles. The molecule has 8 heteroatoms. The Balaban J connectivity index is 1.19. The lowest BCUT2D eigenvalue weighted by Crippen LogP contribution is -2.17. The highest BCUT2D eigenvalue weighted by atomic mass is 16.2. The molecule has 33 heavy (non-hydrogen) atoms. The third-order valence-corrected chi connectivity index (χ3v) is 5.24. The summed E-state index contributed by atoms with van der Waals surface area (Å²) in [6, 6.07) is 18.7. The number of nitrogens with zero attached hydrogens (tertiary/aromatic N) is 4. The summed E-state index contributed by atoms with van der Waals surface area (Å²) in [7, 11) is 0. The van der Waals surface area contributed by atoms with Crippen LogP contribution < -0.4 is 10.6 Å². The van der Waals surface area contributed by atoms with Gasteiger partial charge < -0.3 is 10.6 Å². The quantitative estimate of drug-likeness (QED) is 0.401. The molecule has 1 atom stereocenters. The Morgan fingerprint density at radius 2 is 1.27 bits per heavy atom. The number of benzene rings is 2. The summed E-state index contributed by atoms with van der Waals surface area (Å²) in [5, 5.41) is 14.2. The second kappa shape index (κ2) is 10.4. The molecule has 2 aromatic carbocycles. The fourth-order valence-electron chi connectivity index (χ4n) is 3.47. The van der Waals surface area contributed by atoms with E-state index < -0.39 is 0 Å². The average Bonchev–Trinajstić information content (AvgIpc) is 3.53. The van der Waals surface area contributed by atoms with Gasteiger partial charge in [-0.15, -0.1) is 0 Å². The lowest BCUT2D eigenvalue weighted by molar-refractivity contribution is -0.118. The van der Waals surface area contributed by atoms with Gasteiger partial charge in [-0.05, 0) is 73.0 Å². The topological polar surface area (TPSA) is 93.8 Å². The first-order valence-electron chi connectivity index (χ1n) is 10.9. The van der Waals surface area contributed by atoms with Crippen LogP contribution in [-0.2, 0) is 9.59 Å². The first-order chi connectivity index (χ1) is 16.1. The summed E-state index contributed by atoms with van der Waals surface area (Å²) in [5.74, 6) is -0.0476. The van der Waals surface area contributed by atoms with Gasteiger partial charge in [-0.25, -0.2) is 9.36 Å². The maximum atomic E-state index is 12.4. The zero-order chi connectivity index (χ0) is 23.0. The molecule has 0 bridgehead atoms. The van der Waals surface area contributed by atoms with Gasteiger partial charge in [0, 0.05) is 49.0 Å². The van der Waals surface area contributed by atoms with Crippen molar-refractivity contribution < 1.29 is 9.59 Å². The number of aromatic nitrogens is 4. The summed E-state index contributed by atoms with van der Waals surface area (Å²) in [4.78, 5) is 24.7. The minimum absolute atomic E-state index is 0.0658. The van der Waals surface area contributed by atoms with E-state index in [4.69, 9.17) is 0 Å². The molecule has 1 unspecified atom stereocenters. The minimum Gasteiger partial charge on any atom is -0.326 e. The lowest BCUT2D eigenvalue weighted by Gasteiger charge is -2.12. The summed E-state index contributed by atoms with van der Waals surface area (Å²) < 4.78 is 3.51. The highest BCUT2D eigenvalue weighted by molar-refractivity contribution is 5.92. The van der Waals surface area contributed by atoms with Crippen molar-refractivity contribution in [3.05, 3.63) is 85.5 Å². The van der Waals surface area contributed by atoms with Crippen LogP contribution in [-0.4, -0.2) is 31.4 Å². The number of hydrogen-bond acceptors (Lipinski definition) is 4. The van der Waals surface area contributed by atoms with Crippen molar-refractivity contribution >= 4 is 23.2 Å². The summed E-state index contributed by atoms with van der Waals surface area (Å²) >= 11 is 0. The van der Waals surface area contributed by atoms with Crippen molar-refractivity contribution in [2.45, 2.75) is 26.2 Å². The molecule has 0 aliphatic heterocycles.